The van der Waals surface area contributed by atoms with E-state index in [1.54, 1.807) is 0 Å². The first-order valence-corrected chi connectivity index (χ1v) is 7.23. The molecule has 0 aliphatic carbocycles. The molecule has 0 amide bonds. The summed E-state index contributed by atoms with van der Waals surface area (Å²) in [6.07, 6.45) is 3.40. The second-order valence-corrected chi connectivity index (χ2v) is 5.58. The van der Waals surface area contributed by atoms with Gasteiger partial charge in [0.25, 0.3) is 0 Å². The first kappa shape index (κ1) is 13.2. The normalized spacial score (nSPS) is 19.5. The molecule has 1 atom stereocenters. The Bertz CT molecular complexity index is 626. The zero-order valence-electron chi connectivity index (χ0n) is 11.8. The van der Waals surface area contributed by atoms with Crippen LogP contribution >= 0.6 is 0 Å². The fourth-order valence-corrected chi connectivity index (χ4v) is 3.10. The fourth-order valence-electron chi connectivity index (χ4n) is 3.10. The molecule has 1 aliphatic rings. The van der Waals surface area contributed by atoms with Gasteiger partial charge in [0, 0.05) is 29.0 Å². The lowest BCUT2D eigenvalue weighted by atomic mass is 10.0. The summed E-state index contributed by atoms with van der Waals surface area (Å²) in [5, 5.41) is 10.7. The van der Waals surface area contributed by atoms with E-state index in [2.05, 4.69) is 16.0 Å². The summed E-state index contributed by atoms with van der Waals surface area (Å²) in [4.78, 5) is 6.90. The second kappa shape index (κ2) is 5.29. The zero-order chi connectivity index (χ0) is 14.1. The molecule has 4 nitrogen and oxygen atoms in total. The van der Waals surface area contributed by atoms with Crippen LogP contribution in [0.4, 0.5) is 11.4 Å². The van der Waals surface area contributed by atoms with Crippen LogP contribution in [0.3, 0.4) is 0 Å². The van der Waals surface area contributed by atoms with Gasteiger partial charge in [0.2, 0.25) is 0 Å². The Labute approximate surface area is 119 Å². The third kappa shape index (κ3) is 2.31. The molecular weight excluding hydrogens is 250 g/mol. The highest BCUT2D eigenvalue weighted by molar-refractivity contribution is 5.94. The van der Waals surface area contributed by atoms with Crippen molar-refractivity contribution in [2.24, 2.45) is 0 Å². The van der Waals surface area contributed by atoms with Crippen LogP contribution in [0.5, 0.6) is 0 Å². The van der Waals surface area contributed by atoms with Crippen LogP contribution in [0.1, 0.15) is 25.0 Å². The third-order valence-corrected chi connectivity index (χ3v) is 4.09. The molecule has 1 aromatic carbocycles. The predicted molar refractivity (Wildman–Crippen MR) is 83.0 cm³/mol. The van der Waals surface area contributed by atoms with E-state index >= 15 is 0 Å². The van der Waals surface area contributed by atoms with Crippen molar-refractivity contribution in [3.63, 3.8) is 0 Å². The third-order valence-electron chi connectivity index (χ3n) is 4.09. The molecule has 1 aromatic heterocycles. The molecule has 106 valence electrons. The Morgan fingerprint density at radius 3 is 3.00 bits per heavy atom. The maximum atomic E-state index is 9.64. The molecule has 0 spiro atoms. The van der Waals surface area contributed by atoms with E-state index in [1.807, 2.05) is 25.1 Å². The van der Waals surface area contributed by atoms with Gasteiger partial charge in [-0.15, -0.1) is 0 Å². The van der Waals surface area contributed by atoms with Crippen molar-refractivity contribution in [3.8, 4) is 0 Å². The number of pyridine rings is 1. The first-order chi connectivity index (χ1) is 9.69. The van der Waals surface area contributed by atoms with Crippen LogP contribution in [-0.2, 0) is 0 Å². The summed E-state index contributed by atoms with van der Waals surface area (Å²) in [7, 11) is 0. The number of hydrogen-bond donors (Lipinski definition) is 2. The lowest BCUT2D eigenvalue weighted by Gasteiger charge is -2.37. The molecule has 2 heterocycles. The number of fused-ring (bicyclic) bond motifs is 1. The van der Waals surface area contributed by atoms with Crippen molar-refractivity contribution in [2.45, 2.75) is 32.2 Å². The number of anilines is 2. The molecule has 0 radical (unpaired) electrons. The summed E-state index contributed by atoms with van der Waals surface area (Å²) >= 11 is 0. The van der Waals surface area contributed by atoms with Gasteiger partial charge in [-0.3, -0.25) is 4.98 Å². The van der Waals surface area contributed by atoms with Crippen molar-refractivity contribution < 1.29 is 5.11 Å². The number of aliphatic hydroxyl groups is 1. The quantitative estimate of drug-likeness (QED) is 0.824. The van der Waals surface area contributed by atoms with Gasteiger partial charge in [0.05, 0.1) is 18.2 Å². The summed E-state index contributed by atoms with van der Waals surface area (Å²) in [5.74, 6) is 0. The standard InChI is InChI=1S/C16H21N3O/c1-11-8-16(19-7-3-2-4-13(19)10-20)14-9-12(17)5-6-15(14)18-11/h5-6,8-9,13,20H,2-4,7,10,17H2,1H3. The minimum absolute atomic E-state index is 0.200. The van der Waals surface area contributed by atoms with Gasteiger partial charge >= 0.3 is 0 Å². The minimum Gasteiger partial charge on any atom is -0.399 e. The maximum Gasteiger partial charge on any atom is 0.0727 e. The molecular formula is C16H21N3O. The van der Waals surface area contributed by atoms with E-state index in [1.165, 1.54) is 12.8 Å². The summed E-state index contributed by atoms with van der Waals surface area (Å²) in [6.45, 7) is 3.20. The molecule has 1 saturated heterocycles. The molecule has 3 rings (SSSR count). The van der Waals surface area contributed by atoms with Crippen molar-refractivity contribution in [2.75, 3.05) is 23.8 Å². The van der Waals surface area contributed by atoms with E-state index in [0.717, 1.165) is 40.9 Å². The Balaban J connectivity index is 2.15. The molecule has 1 aliphatic heterocycles. The first-order valence-electron chi connectivity index (χ1n) is 7.23. The minimum atomic E-state index is 0.200. The Hall–Kier alpha value is -1.81. The molecule has 20 heavy (non-hydrogen) atoms. The van der Waals surface area contributed by atoms with Crippen LogP contribution in [0.15, 0.2) is 24.3 Å². The van der Waals surface area contributed by atoms with Crippen molar-refractivity contribution in [1.82, 2.24) is 4.98 Å². The number of piperidine rings is 1. The number of benzene rings is 1. The van der Waals surface area contributed by atoms with Gasteiger partial charge < -0.3 is 15.7 Å². The van der Waals surface area contributed by atoms with Crippen LogP contribution in [0.2, 0.25) is 0 Å². The average molecular weight is 271 g/mol. The summed E-state index contributed by atoms with van der Waals surface area (Å²) in [5.41, 5.74) is 9.80. The van der Waals surface area contributed by atoms with E-state index in [9.17, 15) is 5.11 Å². The topological polar surface area (TPSA) is 62.4 Å². The highest BCUT2D eigenvalue weighted by Gasteiger charge is 2.23. The predicted octanol–water partition coefficient (Wildman–Crippen LogP) is 2.48. The number of aromatic nitrogens is 1. The molecule has 1 fully saturated rings. The van der Waals surface area contributed by atoms with E-state index < -0.39 is 0 Å². The second-order valence-electron chi connectivity index (χ2n) is 5.58. The molecule has 0 bridgehead atoms. The van der Waals surface area contributed by atoms with E-state index in [4.69, 9.17) is 5.73 Å². The number of nitrogens with zero attached hydrogens (tertiary/aromatic N) is 2. The highest BCUT2D eigenvalue weighted by Crippen LogP contribution is 2.32. The summed E-state index contributed by atoms with van der Waals surface area (Å²) < 4.78 is 0. The van der Waals surface area contributed by atoms with E-state index in [-0.39, 0.29) is 12.6 Å². The number of aryl methyl sites for hydroxylation is 1. The maximum absolute atomic E-state index is 9.64. The fraction of sp³-hybridized carbons (Fsp3) is 0.438. The largest absolute Gasteiger partial charge is 0.399 e. The van der Waals surface area contributed by atoms with Crippen LogP contribution in [-0.4, -0.2) is 29.3 Å². The average Bonchev–Trinajstić information content (AvgIpc) is 2.47. The SMILES string of the molecule is Cc1cc(N2CCCCC2CO)c2cc(N)ccc2n1. The van der Waals surface area contributed by atoms with Crippen molar-refractivity contribution >= 4 is 22.3 Å². The van der Waals surface area contributed by atoms with E-state index in [0.29, 0.717) is 0 Å². The van der Waals surface area contributed by atoms with Gasteiger partial charge in [-0.25, -0.2) is 0 Å². The van der Waals surface area contributed by atoms with Gasteiger partial charge in [-0.1, -0.05) is 0 Å². The van der Waals surface area contributed by atoms with Crippen molar-refractivity contribution in [3.05, 3.63) is 30.0 Å². The molecule has 1 unspecified atom stereocenters. The molecule has 0 saturated carbocycles. The van der Waals surface area contributed by atoms with Crippen LogP contribution in [0.25, 0.3) is 10.9 Å². The number of nitrogen functional groups attached to an aromatic ring is 1. The van der Waals surface area contributed by atoms with Gasteiger partial charge in [-0.2, -0.15) is 0 Å². The lowest BCUT2D eigenvalue weighted by Crippen LogP contribution is -2.42. The van der Waals surface area contributed by atoms with Gasteiger partial charge in [-0.05, 0) is 50.5 Å². The summed E-state index contributed by atoms with van der Waals surface area (Å²) in [6, 6.07) is 8.16. The number of aliphatic hydroxyl groups excluding tert-OH is 1. The zero-order valence-corrected chi connectivity index (χ0v) is 11.8. The van der Waals surface area contributed by atoms with Gasteiger partial charge in [0.1, 0.15) is 0 Å². The number of rotatable bonds is 2. The van der Waals surface area contributed by atoms with Crippen molar-refractivity contribution in [1.29, 1.82) is 0 Å². The Kier molecular flexibility index (Phi) is 3.49. The Morgan fingerprint density at radius 2 is 2.20 bits per heavy atom. The van der Waals surface area contributed by atoms with Crippen LogP contribution in [0, 0.1) is 6.92 Å². The Morgan fingerprint density at radius 1 is 1.35 bits per heavy atom. The lowest BCUT2D eigenvalue weighted by molar-refractivity contribution is 0.240. The molecule has 3 N–H and O–H groups in total. The smallest absolute Gasteiger partial charge is 0.0727 e. The highest BCUT2D eigenvalue weighted by atomic mass is 16.3. The molecule has 4 heteroatoms. The number of hydrogen-bond acceptors (Lipinski definition) is 4. The van der Waals surface area contributed by atoms with Gasteiger partial charge in [0.15, 0.2) is 0 Å². The molecule has 2 aromatic rings. The van der Waals surface area contributed by atoms with Crippen LogP contribution < -0.4 is 10.6 Å². The number of nitrogens with two attached hydrogens (primary N) is 1. The monoisotopic (exact) mass is 271 g/mol.